The molecule has 1 aromatic rings. The monoisotopic (exact) mass is 258 g/mol. The van der Waals surface area contributed by atoms with Gasteiger partial charge in [-0.15, -0.1) is 0 Å². The third-order valence-corrected chi connectivity index (χ3v) is 4.07. The van der Waals surface area contributed by atoms with Gasteiger partial charge in [0, 0.05) is 23.8 Å². The average molecular weight is 258 g/mol. The molecule has 0 unspecified atom stereocenters. The van der Waals surface area contributed by atoms with Crippen LogP contribution in [0.4, 0.5) is 5.69 Å². The van der Waals surface area contributed by atoms with Crippen LogP contribution in [0.5, 0.6) is 0 Å². The molecule has 0 atom stereocenters. The van der Waals surface area contributed by atoms with E-state index in [1.54, 1.807) is 0 Å². The first kappa shape index (κ1) is 14.1. The summed E-state index contributed by atoms with van der Waals surface area (Å²) < 4.78 is 0. The number of nitrogens with two attached hydrogens (primary N) is 1. The summed E-state index contributed by atoms with van der Waals surface area (Å²) in [5, 5.41) is 0. The molecule has 0 saturated heterocycles. The van der Waals surface area contributed by atoms with Crippen LogP contribution in [0.25, 0.3) is 5.57 Å². The van der Waals surface area contributed by atoms with Crippen molar-refractivity contribution in [3.05, 3.63) is 34.9 Å². The molecule has 1 aliphatic rings. The summed E-state index contributed by atoms with van der Waals surface area (Å²) in [6, 6.07) is 5.04. The van der Waals surface area contributed by atoms with E-state index in [0.29, 0.717) is 12.6 Å². The summed E-state index contributed by atoms with van der Waals surface area (Å²) in [7, 11) is 0. The molecule has 0 saturated carbocycles. The number of anilines is 1. The Hall–Kier alpha value is -1.28. The summed E-state index contributed by atoms with van der Waals surface area (Å²) >= 11 is 0. The van der Waals surface area contributed by atoms with Crippen molar-refractivity contribution in [3.8, 4) is 0 Å². The van der Waals surface area contributed by atoms with E-state index in [1.807, 2.05) is 0 Å². The molecule has 2 rings (SSSR count). The highest BCUT2D eigenvalue weighted by Crippen LogP contribution is 2.41. The molecule has 0 aliphatic carbocycles. The lowest BCUT2D eigenvalue weighted by Gasteiger charge is -2.46. The molecular weight excluding hydrogens is 232 g/mol. The Morgan fingerprint density at radius 1 is 1.21 bits per heavy atom. The van der Waals surface area contributed by atoms with Crippen LogP contribution in [0.2, 0.25) is 0 Å². The lowest BCUT2D eigenvalue weighted by Crippen LogP contribution is -2.49. The molecule has 0 fully saturated rings. The molecule has 1 aliphatic heterocycles. The smallest absolute Gasteiger partial charge is 0.0537 e. The standard InChI is InChI=1S/C17H26N2/c1-11(2)19-16-7-12(3)14(10-18)8-15(16)13(4)9-17(19,5)6/h7-9,11H,10,18H2,1-6H3. The van der Waals surface area contributed by atoms with E-state index < -0.39 is 0 Å². The van der Waals surface area contributed by atoms with Crippen molar-refractivity contribution in [2.45, 2.75) is 59.7 Å². The van der Waals surface area contributed by atoms with Crippen LogP contribution < -0.4 is 10.6 Å². The predicted molar refractivity (Wildman–Crippen MR) is 84.4 cm³/mol. The van der Waals surface area contributed by atoms with Gasteiger partial charge >= 0.3 is 0 Å². The second-order valence-corrected chi connectivity index (χ2v) is 6.44. The van der Waals surface area contributed by atoms with Crippen LogP contribution in [0.1, 0.15) is 51.3 Å². The van der Waals surface area contributed by atoms with Crippen molar-refractivity contribution in [1.29, 1.82) is 0 Å². The third kappa shape index (κ3) is 2.30. The minimum absolute atomic E-state index is 0.0575. The van der Waals surface area contributed by atoms with Gasteiger partial charge in [0.1, 0.15) is 0 Å². The number of rotatable bonds is 2. The van der Waals surface area contributed by atoms with E-state index in [1.165, 1.54) is 28.0 Å². The van der Waals surface area contributed by atoms with Crippen LogP contribution in [0.15, 0.2) is 18.2 Å². The Labute approximate surface area is 117 Å². The average Bonchev–Trinajstić information content (AvgIpc) is 2.26. The molecule has 0 bridgehead atoms. The minimum Gasteiger partial charge on any atom is -0.360 e. The van der Waals surface area contributed by atoms with Crippen LogP contribution in [0.3, 0.4) is 0 Å². The molecule has 0 aromatic heterocycles. The van der Waals surface area contributed by atoms with Gasteiger partial charge in [0.05, 0.1) is 5.54 Å². The number of hydrogen-bond acceptors (Lipinski definition) is 2. The largest absolute Gasteiger partial charge is 0.360 e. The Bertz CT molecular complexity index is 524. The summed E-state index contributed by atoms with van der Waals surface area (Å²) in [5.41, 5.74) is 12.5. The van der Waals surface area contributed by atoms with Crippen molar-refractivity contribution in [1.82, 2.24) is 0 Å². The van der Waals surface area contributed by atoms with E-state index in [0.717, 1.165) is 0 Å². The lowest BCUT2D eigenvalue weighted by atomic mass is 9.86. The van der Waals surface area contributed by atoms with E-state index in [9.17, 15) is 0 Å². The fraction of sp³-hybridized carbons (Fsp3) is 0.529. The van der Waals surface area contributed by atoms with Gasteiger partial charge in [0.25, 0.3) is 0 Å². The molecule has 1 aromatic carbocycles. The Balaban J connectivity index is 2.69. The van der Waals surface area contributed by atoms with Gasteiger partial charge in [-0.1, -0.05) is 6.08 Å². The van der Waals surface area contributed by atoms with Gasteiger partial charge < -0.3 is 10.6 Å². The zero-order chi connectivity index (χ0) is 14.4. The molecular formula is C17H26N2. The maximum atomic E-state index is 5.84. The van der Waals surface area contributed by atoms with Gasteiger partial charge in [-0.3, -0.25) is 0 Å². The molecule has 2 N–H and O–H groups in total. The van der Waals surface area contributed by atoms with Crippen molar-refractivity contribution in [2.24, 2.45) is 5.73 Å². The number of aryl methyl sites for hydroxylation is 1. The van der Waals surface area contributed by atoms with E-state index in [2.05, 4.69) is 64.7 Å². The molecule has 2 heteroatoms. The first-order chi connectivity index (χ1) is 8.77. The zero-order valence-electron chi connectivity index (χ0n) is 13.0. The Morgan fingerprint density at radius 2 is 1.84 bits per heavy atom. The van der Waals surface area contributed by atoms with Crippen LogP contribution in [0, 0.1) is 6.92 Å². The number of hydrogen-bond donors (Lipinski definition) is 1. The van der Waals surface area contributed by atoms with Gasteiger partial charge in [-0.25, -0.2) is 0 Å². The van der Waals surface area contributed by atoms with Crippen LogP contribution in [-0.2, 0) is 6.54 Å². The highest BCUT2D eigenvalue weighted by Gasteiger charge is 2.33. The van der Waals surface area contributed by atoms with Gasteiger partial charge in [-0.05, 0) is 70.4 Å². The molecule has 104 valence electrons. The fourth-order valence-corrected chi connectivity index (χ4v) is 3.40. The molecule has 1 heterocycles. The highest BCUT2D eigenvalue weighted by atomic mass is 15.2. The number of nitrogens with zero attached hydrogens (tertiary/aromatic N) is 1. The summed E-state index contributed by atoms with van der Waals surface area (Å²) in [4.78, 5) is 2.50. The fourth-order valence-electron chi connectivity index (χ4n) is 3.40. The van der Waals surface area contributed by atoms with Gasteiger partial charge in [-0.2, -0.15) is 0 Å². The molecule has 0 amide bonds. The van der Waals surface area contributed by atoms with Crippen molar-refractivity contribution in [3.63, 3.8) is 0 Å². The summed E-state index contributed by atoms with van der Waals surface area (Å²) in [5.74, 6) is 0. The maximum absolute atomic E-state index is 5.84. The van der Waals surface area contributed by atoms with Crippen LogP contribution >= 0.6 is 0 Å². The lowest BCUT2D eigenvalue weighted by molar-refractivity contribution is 0.507. The first-order valence-electron chi connectivity index (χ1n) is 7.10. The quantitative estimate of drug-likeness (QED) is 0.872. The normalized spacial score (nSPS) is 17.5. The second-order valence-electron chi connectivity index (χ2n) is 6.44. The Morgan fingerprint density at radius 3 is 2.37 bits per heavy atom. The van der Waals surface area contributed by atoms with E-state index in [-0.39, 0.29) is 5.54 Å². The number of allylic oxidation sites excluding steroid dienone is 1. The zero-order valence-corrected chi connectivity index (χ0v) is 13.0. The summed E-state index contributed by atoms with van der Waals surface area (Å²) in [6.07, 6.45) is 2.37. The molecule has 0 radical (unpaired) electrons. The second kappa shape index (κ2) is 4.68. The summed E-state index contributed by atoms with van der Waals surface area (Å²) in [6.45, 7) is 14.0. The van der Waals surface area contributed by atoms with Crippen molar-refractivity contribution >= 4 is 11.3 Å². The third-order valence-electron chi connectivity index (χ3n) is 4.07. The van der Waals surface area contributed by atoms with Crippen LogP contribution in [-0.4, -0.2) is 11.6 Å². The van der Waals surface area contributed by atoms with Crippen molar-refractivity contribution in [2.75, 3.05) is 4.90 Å². The SMILES string of the molecule is CC1=CC(C)(C)N(C(C)C)c2cc(C)c(CN)cc21. The Kier molecular flexibility index (Phi) is 3.48. The first-order valence-corrected chi connectivity index (χ1v) is 7.10. The van der Waals surface area contributed by atoms with Gasteiger partial charge in [0.2, 0.25) is 0 Å². The molecule has 0 spiro atoms. The predicted octanol–water partition coefficient (Wildman–Crippen LogP) is 3.86. The topological polar surface area (TPSA) is 29.3 Å². The molecule has 19 heavy (non-hydrogen) atoms. The number of benzene rings is 1. The number of fused-ring (bicyclic) bond motifs is 1. The maximum Gasteiger partial charge on any atom is 0.0537 e. The minimum atomic E-state index is 0.0575. The van der Waals surface area contributed by atoms with E-state index >= 15 is 0 Å². The molecule has 2 nitrogen and oxygen atoms in total. The van der Waals surface area contributed by atoms with Crippen molar-refractivity contribution < 1.29 is 0 Å². The van der Waals surface area contributed by atoms with E-state index in [4.69, 9.17) is 5.73 Å². The highest BCUT2D eigenvalue weighted by molar-refractivity contribution is 5.82. The van der Waals surface area contributed by atoms with Gasteiger partial charge in [0.15, 0.2) is 0 Å².